The number of anilines is 2. The number of urea groups is 1. The standard InChI is InChI=1S/C20H29N5O/c1-14(2)19-22-10-4-12-23(19)15-6-8-16(9-7-15)25-13-18-17(21)5-3-11-24(18)20(25)26/h6-9,14,17-18H,3-5,10-13,21H2,1-2H3/t17-,18-/m1/s1. The number of nitrogens with zero attached hydrogens (tertiary/aromatic N) is 4. The Hall–Kier alpha value is -2.08. The van der Waals surface area contributed by atoms with Gasteiger partial charge in [0.15, 0.2) is 0 Å². The maximum atomic E-state index is 12.8. The molecule has 1 aromatic carbocycles. The lowest BCUT2D eigenvalue weighted by atomic mass is 9.99. The van der Waals surface area contributed by atoms with Crippen LogP contribution < -0.4 is 15.5 Å². The summed E-state index contributed by atoms with van der Waals surface area (Å²) in [6, 6.07) is 8.69. The molecule has 3 aliphatic heterocycles. The summed E-state index contributed by atoms with van der Waals surface area (Å²) < 4.78 is 0. The number of benzene rings is 1. The van der Waals surface area contributed by atoms with Gasteiger partial charge in [-0.15, -0.1) is 0 Å². The second-order valence-electron chi connectivity index (χ2n) is 7.88. The zero-order chi connectivity index (χ0) is 18.3. The van der Waals surface area contributed by atoms with E-state index in [-0.39, 0.29) is 18.1 Å². The van der Waals surface area contributed by atoms with Gasteiger partial charge >= 0.3 is 6.03 Å². The van der Waals surface area contributed by atoms with Crippen molar-refractivity contribution in [3.63, 3.8) is 0 Å². The van der Waals surface area contributed by atoms with Gasteiger partial charge in [-0.25, -0.2) is 4.79 Å². The van der Waals surface area contributed by atoms with Crippen molar-refractivity contribution < 1.29 is 4.79 Å². The molecule has 2 atom stereocenters. The molecule has 0 bridgehead atoms. The van der Waals surface area contributed by atoms with E-state index in [0.717, 1.165) is 56.1 Å². The van der Waals surface area contributed by atoms with Crippen molar-refractivity contribution in [3.05, 3.63) is 24.3 Å². The number of carbonyl (C=O) groups is 1. The molecule has 0 spiro atoms. The Morgan fingerprint density at radius 2 is 1.77 bits per heavy atom. The molecular formula is C20H29N5O. The molecule has 2 fully saturated rings. The average Bonchev–Trinajstić information content (AvgIpc) is 3.00. The molecule has 0 aliphatic carbocycles. The van der Waals surface area contributed by atoms with E-state index in [2.05, 4.69) is 43.0 Å². The summed E-state index contributed by atoms with van der Waals surface area (Å²) in [6.45, 7) is 7.82. The third-order valence-electron chi connectivity index (χ3n) is 5.76. The number of amides is 2. The Morgan fingerprint density at radius 1 is 1.08 bits per heavy atom. The van der Waals surface area contributed by atoms with Crippen LogP contribution in [0, 0.1) is 5.92 Å². The largest absolute Gasteiger partial charge is 0.330 e. The SMILES string of the molecule is CC(C)C1=NCCCN1c1ccc(N2C[C@@H]3[C@H](N)CCCN3C2=O)cc1. The summed E-state index contributed by atoms with van der Waals surface area (Å²) in [5, 5.41) is 0. The zero-order valence-corrected chi connectivity index (χ0v) is 15.8. The maximum Gasteiger partial charge on any atom is 0.324 e. The summed E-state index contributed by atoms with van der Waals surface area (Å²) in [5.74, 6) is 1.57. The number of amidine groups is 1. The molecule has 1 aromatic rings. The predicted molar refractivity (Wildman–Crippen MR) is 106 cm³/mol. The quantitative estimate of drug-likeness (QED) is 0.907. The van der Waals surface area contributed by atoms with E-state index in [1.165, 1.54) is 0 Å². The van der Waals surface area contributed by atoms with Crippen molar-refractivity contribution >= 4 is 23.2 Å². The van der Waals surface area contributed by atoms with E-state index < -0.39 is 0 Å². The van der Waals surface area contributed by atoms with Crippen LogP contribution in [-0.2, 0) is 0 Å². The van der Waals surface area contributed by atoms with Crippen molar-refractivity contribution in [2.24, 2.45) is 16.6 Å². The van der Waals surface area contributed by atoms with Gasteiger partial charge < -0.3 is 15.5 Å². The molecule has 2 saturated heterocycles. The Labute approximate surface area is 155 Å². The lowest BCUT2D eigenvalue weighted by molar-refractivity contribution is 0.175. The van der Waals surface area contributed by atoms with Crippen LogP contribution in [-0.4, -0.2) is 55.0 Å². The molecule has 140 valence electrons. The normalized spacial score (nSPS) is 26.4. The fourth-order valence-corrected chi connectivity index (χ4v) is 4.38. The zero-order valence-electron chi connectivity index (χ0n) is 15.8. The van der Waals surface area contributed by atoms with Crippen LogP contribution in [0.4, 0.5) is 16.2 Å². The van der Waals surface area contributed by atoms with Crippen LogP contribution in [0.5, 0.6) is 0 Å². The maximum absolute atomic E-state index is 12.8. The van der Waals surface area contributed by atoms with Gasteiger partial charge in [0.1, 0.15) is 5.84 Å². The van der Waals surface area contributed by atoms with Gasteiger partial charge in [0, 0.05) is 49.5 Å². The first kappa shape index (κ1) is 17.3. The van der Waals surface area contributed by atoms with Crippen molar-refractivity contribution in [2.45, 2.75) is 45.2 Å². The van der Waals surface area contributed by atoms with Crippen LogP contribution in [0.3, 0.4) is 0 Å². The number of rotatable bonds is 3. The molecular weight excluding hydrogens is 326 g/mol. The monoisotopic (exact) mass is 355 g/mol. The third kappa shape index (κ3) is 2.96. The highest BCUT2D eigenvalue weighted by Crippen LogP contribution is 2.31. The molecule has 0 unspecified atom stereocenters. The van der Waals surface area contributed by atoms with E-state index in [1.54, 1.807) is 0 Å². The van der Waals surface area contributed by atoms with Crippen LogP contribution in [0.25, 0.3) is 0 Å². The Kier molecular flexibility index (Phi) is 4.61. The van der Waals surface area contributed by atoms with Gasteiger partial charge in [-0.2, -0.15) is 0 Å². The molecule has 4 rings (SSSR count). The summed E-state index contributed by atoms with van der Waals surface area (Å²) in [4.78, 5) is 23.6. The fraction of sp³-hybridized carbons (Fsp3) is 0.600. The highest BCUT2D eigenvalue weighted by Gasteiger charge is 2.42. The second kappa shape index (κ2) is 6.91. The van der Waals surface area contributed by atoms with E-state index in [0.29, 0.717) is 12.5 Å². The molecule has 6 heteroatoms. The second-order valence-corrected chi connectivity index (χ2v) is 7.88. The summed E-state index contributed by atoms with van der Waals surface area (Å²) >= 11 is 0. The molecule has 3 heterocycles. The minimum absolute atomic E-state index is 0.0927. The summed E-state index contributed by atoms with van der Waals surface area (Å²) in [6.07, 6.45) is 3.09. The van der Waals surface area contributed by atoms with Gasteiger partial charge in [0.25, 0.3) is 0 Å². The third-order valence-corrected chi connectivity index (χ3v) is 5.76. The first-order valence-electron chi connectivity index (χ1n) is 9.82. The van der Waals surface area contributed by atoms with Crippen molar-refractivity contribution in [1.29, 1.82) is 0 Å². The molecule has 0 radical (unpaired) electrons. The van der Waals surface area contributed by atoms with Gasteiger partial charge in [-0.3, -0.25) is 9.89 Å². The predicted octanol–water partition coefficient (Wildman–Crippen LogP) is 2.68. The van der Waals surface area contributed by atoms with E-state index in [9.17, 15) is 4.79 Å². The van der Waals surface area contributed by atoms with Crippen molar-refractivity contribution in [3.8, 4) is 0 Å². The first-order chi connectivity index (χ1) is 12.6. The molecule has 26 heavy (non-hydrogen) atoms. The number of hydrogen-bond acceptors (Lipinski definition) is 4. The highest BCUT2D eigenvalue weighted by molar-refractivity contribution is 6.00. The number of fused-ring (bicyclic) bond motifs is 1. The van der Waals surface area contributed by atoms with Crippen molar-refractivity contribution in [1.82, 2.24) is 4.90 Å². The average molecular weight is 355 g/mol. The molecule has 2 N–H and O–H groups in total. The smallest absolute Gasteiger partial charge is 0.324 e. The molecule has 0 aromatic heterocycles. The van der Waals surface area contributed by atoms with E-state index >= 15 is 0 Å². The van der Waals surface area contributed by atoms with Crippen LogP contribution >= 0.6 is 0 Å². The van der Waals surface area contributed by atoms with Gasteiger partial charge in [-0.1, -0.05) is 13.8 Å². The Bertz CT molecular complexity index is 699. The molecule has 2 amide bonds. The van der Waals surface area contributed by atoms with E-state index in [1.807, 2.05) is 9.80 Å². The number of nitrogens with two attached hydrogens (primary N) is 1. The Balaban J connectivity index is 1.54. The number of piperidine rings is 1. The van der Waals surface area contributed by atoms with Crippen LogP contribution in [0.2, 0.25) is 0 Å². The van der Waals surface area contributed by atoms with E-state index in [4.69, 9.17) is 10.7 Å². The summed E-state index contributed by atoms with van der Waals surface area (Å²) in [7, 11) is 0. The lowest BCUT2D eigenvalue weighted by Gasteiger charge is -2.32. The number of aliphatic imine (C=N–C) groups is 1. The minimum atomic E-state index is 0.0927. The summed E-state index contributed by atoms with van der Waals surface area (Å²) in [5.41, 5.74) is 8.36. The van der Waals surface area contributed by atoms with Gasteiger partial charge in [0.05, 0.1) is 6.04 Å². The minimum Gasteiger partial charge on any atom is -0.330 e. The Morgan fingerprint density at radius 3 is 2.42 bits per heavy atom. The highest BCUT2D eigenvalue weighted by atomic mass is 16.2. The van der Waals surface area contributed by atoms with Gasteiger partial charge in [0.2, 0.25) is 0 Å². The number of carbonyl (C=O) groups excluding carboxylic acids is 1. The van der Waals surface area contributed by atoms with Crippen LogP contribution in [0.15, 0.2) is 29.3 Å². The lowest BCUT2D eigenvalue weighted by Crippen LogP contribution is -2.50. The first-order valence-corrected chi connectivity index (χ1v) is 9.82. The van der Waals surface area contributed by atoms with Crippen LogP contribution in [0.1, 0.15) is 33.1 Å². The molecule has 3 aliphatic rings. The fourth-order valence-electron chi connectivity index (χ4n) is 4.38. The van der Waals surface area contributed by atoms with Crippen molar-refractivity contribution in [2.75, 3.05) is 36.0 Å². The number of hydrogen-bond donors (Lipinski definition) is 1. The molecule has 6 nitrogen and oxygen atoms in total. The molecule has 0 saturated carbocycles. The van der Waals surface area contributed by atoms with Gasteiger partial charge in [-0.05, 0) is 43.5 Å². The topological polar surface area (TPSA) is 65.2 Å².